The highest BCUT2D eigenvalue weighted by atomic mass is 35.5. The number of methoxy groups -OCH3 is 2. The first kappa shape index (κ1) is 25.4. The molecule has 2 aromatic carbocycles. The molecule has 1 aliphatic heterocycles. The lowest BCUT2D eigenvalue weighted by molar-refractivity contribution is 0.199. The molecule has 0 spiro atoms. The van der Waals surface area contributed by atoms with E-state index in [-0.39, 0.29) is 5.75 Å². The fourth-order valence-corrected chi connectivity index (χ4v) is 5.54. The summed E-state index contributed by atoms with van der Waals surface area (Å²) >= 11 is 7.80. The van der Waals surface area contributed by atoms with E-state index in [0.29, 0.717) is 24.0 Å². The number of likely N-dealkylation sites (tertiary alicyclic amines) is 1. The fraction of sp³-hybridized carbons (Fsp3) is 0.385. The van der Waals surface area contributed by atoms with Crippen LogP contribution in [0.25, 0.3) is 0 Å². The molecule has 7 nitrogen and oxygen atoms in total. The van der Waals surface area contributed by atoms with Gasteiger partial charge in [-0.05, 0) is 61.3 Å². The Bertz CT molecular complexity index is 1140. The van der Waals surface area contributed by atoms with Crippen LogP contribution < -0.4 is 9.47 Å². The molecule has 0 bridgehead atoms. The van der Waals surface area contributed by atoms with Crippen molar-refractivity contribution in [2.45, 2.75) is 42.8 Å². The molecule has 0 amide bonds. The van der Waals surface area contributed by atoms with E-state index in [9.17, 15) is 5.11 Å². The molecule has 9 heteroatoms. The van der Waals surface area contributed by atoms with Crippen molar-refractivity contribution < 1.29 is 14.6 Å². The SMILES string of the molecule is C=CCn1c(SCc2cccc(Cl)c2)nnc1C1CCN(Cc2cc(OC)c(O)c(OC)c2)CC1. The van der Waals surface area contributed by atoms with Crippen molar-refractivity contribution in [3.63, 3.8) is 0 Å². The Morgan fingerprint density at radius 1 is 1.11 bits per heavy atom. The van der Waals surface area contributed by atoms with Gasteiger partial charge in [-0.1, -0.05) is 41.6 Å². The Morgan fingerprint density at radius 2 is 1.83 bits per heavy atom. The number of piperidine rings is 1. The standard InChI is InChI=1S/C26H31ClN4O3S/c1-4-10-31-25(28-29-26(31)35-17-18-6-5-7-21(27)13-18)20-8-11-30(12-9-20)16-19-14-22(33-2)24(32)23(15-19)34-3/h4-7,13-15,20,32H,1,8-12,16-17H2,2-3H3. The number of aromatic hydroxyl groups is 1. The van der Waals surface area contributed by atoms with Gasteiger partial charge in [-0.25, -0.2) is 0 Å². The molecular formula is C26H31ClN4O3S. The monoisotopic (exact) mass is 514 g/mol. The van der Waals surface area contributed by atoms with Crippen molar-refractivity contribution in [2.24, 2.45) is 0 Å². The number of nitrogens with zero attached hydrogens (tertiary/aromatic N) is 4. The summed E-state index contributed by atoms with van der Waals surface area (Å²) in [5.74, 6) is 3.05. The Labute approximate surface area is 215 Å². The number of halogens is 1. The summed E-state index contributed by atoms with van der Waals surface area (Å²) in [7, 11) is 3.09. The van der Waals surface area contributed by atoms with Gasteiger partial charge < -0.3 is 19.1 Å². The molecule has 0 unspecified atom stereocenters. The number of allylic oxidation sites excluding steroid dienone is 1. The van der Waals surface area contributed by atoms with Gasteiger partial charge >= 0.3 is 0 Å². The quantitative estimate of drug-likeness (QED) is 0.282. The van der Waals surface area contributed by atoms with Crippen molar-refractivity contribution in [1.82, 2.24) is 19.7 Å². The van der Waals surface area contributed by atoms with Crippen molar-refractivity contribution in [3.05, 3.63) is 71.0 Å². The summed E-state index contributed by atoms with van der Waals surface area (Å²) in [5, 5.41) is 20.9. The lowest BCUT2D eigenvalue weighted by Gasteiger charge is -2.31. The smallest absolute Gasteiger partial charge is 0.200 e. The zero-order valence-corrected chi connectivity index (χ0v) is 21.7. The summed E-state index contributed by atoms with van der Waals surface area (Å²) in [6.07, 6.45) is 3.90. The lowest BCUT2D eigenvalue weighted by Crippen LogP contribution is -2.33. The molecule has 0 aliphatic carbocycles. The summed E-state index contributed by atoms with van der Waals surface area (Å²) in [6.45, 7) is 7.28. The average Bonchev–Trinajstić information content (AvgIpc) is 3.27. The molecule has 0 saturated carbocycles. The molecule has 35 heavy (non-hydrogen) atoms. The number of thioether (sulfide) groups is 1. The maximum Gasteiger partial charge on any atom is 0.200 e. The third-order valence-electron chi connectivity index (χ3n) is 6.21. The molecule has 1 fully saturated rings. The summed E-state index contributed by atoms with van der Waals surface area (Å²) in [5.41, 5.74) is 2.21. The van der Waals surface area contributed by atoms with Gasteiger partial charge in [0.05, 0.1) is 14.2 Å². The maximum absolute atomic E-state index is 10.2. The van der Waals surface area contributed by atoms with Crippen molar-refractivity contribution in [3.8, 4) is 17.2 Å². The number of ether oxygens (including phenoxy) is 2. The number of hydrogen-bond donors (Lipinski definition) is 1. The first-order valence-electron chi connectivity index (χ1n) is 11.6. The van der Waals surface area contributed by atoms with Gasteiger partial charge in [-0.3, -0.25) is 4.90 Å². The summed E-state index contributed by atoms with van der Waals surface area (Å²) in [4.78, 5) is 2.41. The predicted octanol–water partition coefficient (Wildman–Crippen LogP) is 5.51. The predicted molar refractivity (Wildman–Crippen MR) is 140 cm³/mol. The Balaban J connectivity index is 1.40. The largest absolute Gasteiger partial charge is 0.502 e. The molecule has 1 aliphatic rings. The molecular weight excluding hydrogens is 484 g/mol. The molecule has 0 radical (unpaired) electrons. The van der Waals surface area contributed by atoms with Gasteiger partial charge in [-0.2, -0.15) is 0 Å². The maximum atomic E-state index is 10.2. The van der Waals surface area contributed by atoms with E-state index in [1.165, 1.54) is 0 Å². The zero-order chi connectivity index (χ0) is 24.8. The second kappa shape index (κ2) is 11.8. The van der Waals surface area contributed by atoms with Crippen LogP contribution >= 0.6 is 23.4 Å². The fourth-order valence-electron chi connectivity index (χ4n) is 4.43. The van der Waals surface area contributed by atoms with Crippen LogP contribution in [0.1, 0.15) is 35.7 Å². The molecule has 186 valence electrons. The number of rotatable bonds is 10. The van der Waals surface area contributed by atoms with Crippen molar-refractivity contribution in [1.29, 1.82) is 0 Å². The van der Waals surface area contributed by atoms with Gasteiger partial charge in [0, 0.05) is 29.8 Å². The third kappa shape index (κ3) is 6.12. The number of phenols is 1. The van der Waals surface area contributed by atoms with Gasteiger partial charge in [-0.15, -0.1) is 16.8 Å². The van der Waals surface area contributed by atoms with E-state index in [1.807, 2.05) is 36.4 Å². The second-order valence-corrected chi connectivity index (χ2v) is 9.94. The Hall–Kier alpha value is -2.68. The van der Waals surface area contributed by atoms with E-state index in [0.717, 1.165) is 65.4 Å². The molecule has 1 saturated heterocycles. The molecule has 1 N–H and O–H groups in total. The van der Waals surface area contributed by atoms with Gasteiger partial charge in [0.2, 0.25) is 5.75 Å². The van der Waals surface area contributed by atoms with Crippen LogP contribution in [0.2, 0.25) is 5.02 Å². The van der Waals surface area contributed by atoms with Gasteiger partial charge in [0.1, 0.15) is 5.82 Å². The third-order valence-corrected chi connectivity index (χ3v) is 7.49. The molecule has 3 aromatic rings. The summed E-state index contributed by atoms with van der Waals surface area (Å²) in [6, 6.07) is 11.6. The minimum absolute atomic E-state index is 0.0306. The van der Waals surface area contributed by atoms with Crippen LogP contribution in [0, 0.1) is 0 Å². The molecule has 1 aromatic heterocycles. The lowest BCUT2D eigenvalue weighted by atomic mass is 9.95. The zero-order valence-electron chi connectivity index (χ0n) is 20.1. The van der Waals surface area contributed by atoms with Crippen LogP contribution in [0.15, 0.2) is 54.2 Å². The number of benzene rings is 2. The number of hydrogen-bond acceptors (Lipinski definition) is 7. The normalized spacial score (nSPS) is 14.7. The van der Waals surface area contributed by atoms with Crippen molar-refractivity contribution in [2.75, 3.05) is 27.3 Å². The molecule has 2 heterocycles. The van der Waals surface area contributed by atoms with E-state index < -0.39 is 0 Å². The topological polar surface area (TPSA) is 72.6 Å². The first-order chi connectivity index (χ1) is 17.0. The van der Waals surface area contributed by atoms with Crippen LogP contribution in [0.3, 0.4) is 0 Å². The van der Waals surface area contributed by atoms with E-state index in [4.69, 9.17) is 21.1 Å². The highest BCUT2D eigenvalue weighted by Gasteiger charge is 2.26. The van der Waals surface area contributed by atoms with Crippen LogP contribution in [-0.4, -0.2) is 52.1 Å². The summed E-state index contributed by atoms with van der Waals surface area (Å²) < 4.78 is 12.8. The van der Waals surface area contributed by atoms with Crippen LogP contribution in [0.5, 0.6) is 17.2 Å². The minimum atomic E-state index is 0.0306. The van der Waals surface area contributed by atoms with E-state index in [1.54, 1.807) is 26.0 Å². The van der Waals surface area contributed by atoms with E-state index >= 15 is 0 Å². The Kier molecular flexibility index (Phi) is 8.59. The van der Waals surface area contributed by atoms with Crippen molar-refractivity contribution >= 4 is 23.4 Å². The van der Waals surface area contributed by atoms with E-state index in [2.05, 4.69) is 32.3 Å². The molecule has 0 atom stereocenters. The average molecular weight is 515 g/mol. The highest BCUT2D eigenvalue weighted by molar-refractivity contribution is 7.98. The van der Waals surface area contributed by atoms with Gasteiger partial charge in [0.25, 0.3) is 0 Å². The number of phenolic OH excluding ortho intramolecular Hbond substituents is 1. The minimum Gasteiger partial charge on any atom is -0.502 e. The first-order valence-corrected chi connectivity index (χ1v) is 13.0. The molecule has 4 rings (SSSR count). The van der Waals surface area contributed by atoms with Crippen LogP contribution in [-0.2, 0) is 18.8 Å². The Morgan fingerprint density at radius 3 is 2.46 bits per heavy atom. The van der Waals surface area contributed by atoms with Crippen LogP contribution in [0.4, 0.5) is 0 Å². The second-order valence-electron chi connectivity index (χ2n) is 8.56. The van der Waals surface area contributed by atoms with Gasteiger partial charge in [0.15, 0.2) is 16.7 Å². The number of aromatic nitrogens is 3. The highest BCUT2D eigenvalue weighted by Crippen LogP contribution is 2.38.